The van der Waals surface area contributed by atoms with Crippen molar-refractivity contribution in [2.75, 3.05) is 24.2 Å². The second-order valence-electron chi connectivity index (χ2n) is 5.71. The summed E-state index contributed by atoms with van der Waals surface area (Å²) in [5.74, 6) is 0.221. The quantitative estimate of drug-likeness (QED) is 0.651. The molecule has 1 aliphatic heterocycles. The summed E-state index contributed by atoms with van der Waals surface area (Å²) in [6, 6.07) is 9.91. The number of hydrogen-bond donors (Lipinski definition) is 1. The molecule has 2 aromatic rings. The predicted octanol–water partition coefficient (Wildman–Crippen LogP) is 3.77. The van der Waals surface area contributed by atoms with Gasteiger partial charge in [0.1, 0.15) is 5.51 Å². The van der Waals surface area contributed by atoms with Crippen molar-refractivity contribution in [2.45, 2.75) is 25.7 Å². The van der Waals surface area contributed by atoms with Gasteiger partial charge in [0.15, 0.2) is 5.17 Å². The normalized spacial score (nSPS) is 15.7. The van der Waals surface area contributed by atoms with Crippen molar-refractivity contribution < 1.29 is 4.79 Å². The fourth-order valence-corrected chi connectivity index (χ4v) is 3.91. The second kappa shape index (κ2) is 9.53. The highest BCUT2D eigenvalue weighted by Crippen LogP contribution is 2.21. The molecule has 0 saturated carbocycles. The number of amidine groups is 1. The zero-order valence-corrected chi connectivity index (χ0v) is 15.6. The highest BCUT2D eigenvalue weighted by atomic mass is 32.2. The number of likely N-dealkylation sites (tertiary alicyclic amines) is 1. The Bertz CT molecular complexity index is 682. The number of benzene rings is 1. The highest BCUT2D eigenvalue weighted by molar-refractivity contribution is 8.14. The van der Waals surface area contributed by atoms with E-state index in [-0.39, 0.29) is 5.91 Å². The maximum atomic E-state index is 12.2. The molecule has 0 spiro atoms. The van der Waals surface area contributed by atoms with Gasteiger partial charge in [-0.15, -0.1) is 10.2 Å². The lowest BCUT2D eigenvalue weighted by atomic mass is 10.2. The van der Waals surface area contributed by atoms with Crippen LogP contribution in [0.1, 0.15) is 25.7 Å². The molecule has 1 saturated heterocycles. The molecule has 0 unspecified atom stereocenters. The molecule has 3 rings (SSSR count). The maximum absolute atomic E-state index is 12.2. The number of aromatic nitrogens is 2. The summed E-state index contributed by atoms with van der Waals surface area (Å²) in [5, 5.41) is 11.8. The van der Waals surface area contributed by atoms with E-state index in [2.05, 4.69) is 20.4 Å². The lowest BCUT2D eigenvalue weighted by Gasteiger charge is -2.23. The van der Waals surface area contributed by atoms with Crippen LogP contribution >= 0.6 is 23.1 Å². The zero-order chi connectivity index (χ0) is 17.3. The first-order chi connectivity index (χ1) is 12.3. The molecule has 2 heterocycles. The van der Waals surface area contributed by atoms with Crippen LogP contribution in [0, 0.1) is 0 Å². The van der Waals surface area contributed by atoms with E-state index in [9.17, 15) is 4.79 Å². The third-order valence-corrected chi connectivity index (χ3v) is 5.42. The van der Waals surface area contributed by atoms with Crippen molar-refractivity contribution in [1.29, 1.82) is 0 Å². The molecular formula is C17H21N5OS2. The van der Waals surface area contributed by atoms with Gasteiger partial charge in [0.2, 0.25) is 11.0 Å². The first-order valence-corrected chi connectivity index (χ1v) is 10.3. The lowest BCUT2D eigenvalue weighted by Crippen LogP contribution is -2.31. The number of amides is 1. The Kier molecular flexibility index (Phi) is 6.81. The van der Waals surface area contributed by atoms with Crippen LogP contribution in [0.25, 0.3) is 0 Å². The smallest absolute Gasteiger partial charge is 0.236 e. The minimum Gasteiger partial charge on any atom is -0.351 e. The first kappa shape index (κ1) is 17.9. The first-order valence-electron chi connectivity index (χ1n) is 8.39. The van der Waals surface area contributed by atoms with Crippen LogP contribution in [0.3, 0.4) is 0 Å². The monoisotopic (exact) mass is 375 g/mol. The van der Waals surface area contributed by atoms with Crippen LogP contribution in [0.2, 0.25) is 0 Å². The average Bonchev–Trinajstić information content (AvgIpc) is 2.99. The Morgan fingerprint density at radius 3 is 2.64 bits per heavy atom. The summed E-state index contributed by atoms with van der Waals surface area (Å²) in [5.41, 5.74) is 2.52. The molecule has 1 fully saturated rings. The Balaban J connectivity index is 1.67. The minimum atomic E-state index is -0.0858. The lowest BCUT2D eigenvalue weighted by molar-refractivity contribution is -0.113. The molecule has 6 nitrogen and oxygen atoms in total. The third kappa shape index (κ3) is 5.82. The van der Waals surface area contributed by atoms with Crippen LogP contribution in [-0.4, -0.2) is 45.0 Å². The summed E-state index contributed by atoms with van der Waals surface area (Å²) in [7, 11) is 0. The number of nitrogens with zero attached hydrogens (tertiary/aromatic N) is 4. The number of anilines is 1. The Labute approximate surface area is 155 Å². The standard InChI is InChI=1S/C17H21N5OS2/c23-15(20-16-21-18-13-25-16)12-24-17(19-14-8-4-3-5-9-14)22-10-6-1-2-7-11-22/h3-5,8-9,13H,1-2,6-7,10-12H2,(H,20,21,23). The number of para-hydroxylation sites is 1. The number of hydrogen-bond acceptors (Lipinski definition) is 6. The van der Waals surface area contributed by atoms with Crippen LogP contribution < -0.4 is 5.32 Å². The van der Waals surface area contributed by atoms with Crippen molar-refractivity contribution in [2.24, 2.45) is 4.99 Å². The van der Waals surface area contributed by atoms with Gasteiger partial charge < -0.3 is 4.90 Å². The van der Waals surface area contributed by atoms with Gasteiger partial charge in [-0.05, 0) is 25.0 Å². The molecule has 1 aromatic heterocycles. The van der Waals surface area contributed by atoms with E-state index < -0.39 is 0 Å². The predicted molar refractivity (Wildman–Crippen MR) is 105 cm³/mol. The van der Waals surface area contributed by atoms with Crippen LogP contribution in [-0.2, 0) is 4.79 Å². The number of thioether (sulfide) groups is 1. The fraction of sp³-hybridized carbons (Fsp3) is 0.412. The number of rotatable bonds is 4. The number of carbonyl (C=O) groups is 1. The SMILES string of the molecule is O=C(CSC(=Nc1ccccc1)N1CCCCCC1)Nc1nncs1. The largest absolute Gasteiger partial charge is 0.351 e. The van der Waals surface area contributed by atoms with E-state index in [4.69, 9.17) is 4.99 Å². The molecule has 1 aromatic carbocycles. The van der Waals surface area contributed by atoms with Crippen LogP contribution in [0.5, 0.6) is 0 Å². The topological polar surface area (TPSA) is 70.5 Å². The van der Waals surface area contributed by atoms with Crippen molar-refractivity contribution >= 4 is 45.0 Å². The van der Waals surface area contributed by atoms with Gasteiger partial charge in [-0.1, -0.05) is 54.1 Å². The van der Waals surface area contributed by atoms with Crippen molar-refractivity contribution in [3.8, 4) is 0 Å². The Morgan fingerprint density at radius 1 is 1.20 bits per heavy atom. The van der Waals surface area contributed by atoms with E-state index in [0.29, 0.717) is 10.9 Å². The summed E-state index contributed by atoms with van der Waals surface area (Å²) in [6.45, 7) is 1.99. The Morgan fingerprint density at radius 2 is 1.96 bits per heavy atom. The number of nitrogens with one attached hydrogen (secondary N) is 1. The van der Waals surface area contributed by atoms with Gasteiger partial charge in [-0.3, -0.25) is 10.1 Å². The van der Waals surface area contributed by atoms with Gasteiger partial charge in [0, 0.05) is 13.1 Å². The Hall–Kier alpha value is -1.93. The molecule has 0 radical (unpaired) electrons. The van der Waals surface area contributed by atoms with E-state index in [1.165, 1.54) is 48.8 Å². The van der Waals surface area contributed by atoms with Gasteiger partial charge >= 0.3 is 0 Å². The summed E-state index contributed by atoms with van der Waals surface area (Å²) in [6.07, 6.45) is 4.87. The van der Waals surface area contributed by atoms with Crippen molar-refractivity contribution in [3.05, 3.63) is 35.8 Å². The minimum absolute atomic E-state index is 0.0858. The highest BCUT2D eigenvalue weighted by Gasteiger charge is 2.16. The molecule has 1 aliphatic rings. The van der Waals surface area contributed by atoms with Gasteiger partial charge in [0.05, 0.1) is 11.4 Å². The molecule has 0 atom stereocenters. The number of carbonyl (C=O) groups excluding carboxylic acids is 1. The van der Waals surface area contributed by atoms with Gasteiger partial charge in [0.25, 0.3) is 0 Å². The van der Waals surface area contributed by atoms with Crippen LogP contribution in [0.15, 0.2) is 40.8 Å². The van der Waals surface area contributed by atoms with Crippen molar-refractivity contribution in [1.82, 2.24) is 15.1 Å². The van der Waals surface area contributed by atoms with Gasteiger partial charge in [-0.2, -0.15) is 0 Å². The number of aliphatic imine (C=N–C) groups is 1. The molecule has 0 aliphatic carbocycles. The summed E-state index contributed by atoms with van der Waals surface area (Å²) >= 11 is 2.80. The van der Waals surface area contributed by atoms with Crippen molar-refractivity contribution in [3.63, 3.8) is 0 Å². The zero-order valence-electron chi connectivity index (χ0n) is 13.9. The van der Waals surface area contributed by atoms with E-state index in [1.54, 1.807) is 5.51 Å². The molecule has 132 valence electrons. The summed E-state index contributed by atoms with van der Waals surface area (Å²) in [4.78, 5) is 19.3. The molecular weight excluding hydrogens is 354 g/mol. The third-order valence-electron chi connectivity index (χ3n) is 3.80. The van der Waals surface area contributed by atoms with E-state index >= 15 is 0 Å². The molecule has 1 N–H and O–H groups in total. The molecule has 25 heavy (non-hydrogen) atoms. The van der Waals surface area contributed by atoms with Crippen LogP contribution in [0.4, 0.5) is 10.8 Å². The van der Waals surface area contributed by atoms with Gasteiger partial charge in [-0.25, -0.2) is 4.99 Å². The van der Waals surface area contributed by atoms with E-state index in [1.807, 2.05) is 30.3 Å². The molecule has 0 bridgehead atoms. The fourth-order valence-electron chi connectivity index (χ4n) is 2.58. The van der Waals surface area contributed by atoms with E-state index in [0.717, 1.165) is 23.9 Å². The molecule has 8 heteroatoms. The maximum Gasteiger partial charge on any atom is 0.236 e. The summed E-state index contributed by atoms with van der Waals surface area (Å²) < 4.78 is 0. The second-order valence-corrected chi connectivity index (χ2v) is 7.49. The molecule has 1 amide bonds. The average molecular weight is 376 g/mol.